The van der Waals surface area contributed by atoms with Crippen molar-refractivity contribution in [3.63, 3.8) is 0 Å². The van der Waals surface area contributed by atoms with E-state index in [4.69, 9.17) is 5.11 Å². The second kappa shape index (κ2) is 6.36. The van der Waals surface area contributed by atoms with E-state index in [9.17, 15) is 9.59 Å². The van der Waals surface area contributed by atoms with Gasteiger partial charge >= 0.3 is 12.0 Å². The van der Waals surface area contributed by atoms with E-state index in [1.807, 2.05) is 32.0 Å². The van der Waals surface area contributed by atoms with Gasteiger partial charge < -0.3 is 15.7 Å². The summed E-state index contributed by atoms with van der Waals surface area (Å²) in [6.07, 6.45) is 0. The van der Waals surface area contributed by atoms with Crippen LogP contribution < -0.4 is 10.6 Å². The Bertz CT molecular complexity index is 682. The number of anilines is 1. The molecule has 1 aromatic heterocycles. The maximum Gasteiger partial charge on any atom is 0.355 e. The van der Waals surface area contributed by atoms with Gasteiger partial charge in [0.05, 0.1) is 6.54 Å². The number of amides is 2. The minimum Gasteiger partial charge on any atom is -0.476 e. The number of aromatic nitrogens is 1. The van der Waals surface area contributed by atoms with Gasteiger partial charge in [-0.2, -0.15) is 0 Å². The number of rotatable bonds is 4. The smallest absolute Gasteiger partial charge is 0.355 e. The van der Waals surface area contributed by atoms with Gasteiger partial charge in [-0.3, -0.25) is 0 Å². The number of carboxylic acid groups (broad SMARTS) is 1. The largest absolute Gasteiger partial charge is 0.476 e. The molecule has 0 saturated heterocycles. The molecule has 1 aromatic carbocycles. The predicted octanol–water partition coefficient (Wildman–Crippen LogP) is 2.78. The second-order valence-electron chi connectivity index (χ2n) is 4.49. The van der Waals surface area contributed by atoms with E-state index in [1.165, 1.54) is 16.7 Å². The molecule has 0 aliphatic carbocycles. The van der Waals surface area contributed by atoms with Gasteiger partial charge in [-0.1, -0.05) is 12.1 Å². The van der Waals surface area contributed by atoms with Crippen molar-refractivity contribution in [2.24, 2.45) is 0 Å². The predicted molar refractivity (Wildman–Crippen MR) is 80.8 cm³/mol. The molecular formula is C14H15N3O3S. The van der Waals surface area contributed by atoms with Crippen molar-refractivity contribution in [1.29, 1.82) is 0 Å². The lowest BCUT2D eigenvalue weighted by atomic mass is 10.1. The average molecular weight is 305 g/mol. The number of carboxylic acids is 1. The standard InChI is InChI=1S/C14H15N3O3S/c1-8-4-3-5-10(9(8)2)17-14(20)15-6-12-16-11(7-21-12)13(18)19/h3-5,7H,6H2,1-2H3,(H,18,19)(H2,15,17,20). The molecule has 0 aliphatic heterocycles. The Hall–Kier alpha value is -2.41. The number of aryl methyl sites for hydroxylation is 1. The van der Waals surface area contributed by atoms with Gasteiger partial charge in [-0.05, 0) is 31.0 Å². The average Bonchev–Trinajstić information content (AvgIpc) is 2.91. The normalized spacial score (nSPS) is 10.2. The Morgan fingerprint density at radius 1 is 1.33 bits per heavy atom. The van der Waals surface area contributed by atoms with E-state index in [0.29, 0.717) is 5.01 Å². The van der Waals surface area contributed by atoms with E-state index >= 15 is 0 Å². The van der Waals surface area contributed by atoms with Crippen LogP contribution in [0.4, 0.5) is 10.5 Å². The molecule has 3 N–H and O–H groups in total. The molecule has 0 unspecified atom stereocenters. The number of urea groups is 1. The summed E-state index contributed by atoms with van der Waals surface area (Å²) >= 11 is 1.20. The first-order valence-electron chi connectivity index (χ1n) is 6.26. The lowest BCUT2D eigenvalue weighted by Crippen LogP contribution is -2.28. The molecule has 6 nitrogen and oxygen atoms in total. The van der Waals surface area contributed by atoms with Crippen LogP contribution in [0.2, 0.25) is 0 Å². The van der Waals surface area contributed by atoms with Crippen molar-refractivity contribution < 1.29 is 14.7 Å². The lowest BCUT2D eigenvalue weighted by Gasteiger charge is -2.10. The Balaban J connectivity index is 1.92. The zero-order chi connectivity index (χ0) is 15.4. The number of carbonyl (C=O) groups is 2. The van der Waals surface area contributed by atoms with Crippen LogP contribution in [0, 0.1) is 13.8 Å². The zero-order valence-corrected chi connectivity index (χ0v) is 12.5. The molecule has 0 spiro atoms. The quantitative estimate of drug-likeness (QED) is 0.810. The Kier molecular flexibility index (Phi) is 4.54. The Labute approximate surface area is 125 Å². The minimum atomic E-state index is -1.07. The molecule has 0 fully saturated rings. The van der Waals surface area contributed by atoms with E-state index in [-0.39, 0.29) is 18.3 Å². The first-order valence-corrected chi connectivity index (χ1v) is 7.14. The fraction of sp³-hybridized carbons (Fsp3) is 0.214. The molecule has 1 heterocycles. The number of hydrogen-bond donors (Lipinski definition) is 3. The highest BCUT2D eigenvalue weighted by Gasteiger charge is 2.10. The van der Waals surface area contributed by atoms with Gasteiger partial charge in [0, 0.05) is 11.1 Å². The number of thiazole rings is 1. The number of nitrogens with zero attached hydrogens (tertiary/aromatic N) is 1. The van der Waals surface area contributed by atoms with E-state index < -0.39 is 5.97 Å². The van der Waals surface area contributed by atoms with Gasteiger partial charge in [-0.25, -0.2) is 14.6 Å². The molecule has 0 bridgehead atoms. The van der Waals surface area contributed by atoms with Gasteiger partial charge in [0.25, 0.3) is 0 Å². The van der Waals surface area contributed by atoms with Crippen molar-refractivity contribution in [2.75, 3.05) is 5.32 Å². The molecule has 2 amide bonds. The van der Waals surface area contributed by atoms with Gasteiger partial charge in [0.2, 0.25) is 0 Å². The van der Waals surface area contributed by atoms with Crippen LogP contribution in [0.15, 0.2) is 23.6 Å². The third-order valence-corrected chi connectivity index (χ3v) is 3.87. The molecule has 2 aromatic rings. The summed E-state index contributed by atoms with van der Waals surface area (Å²) in [4.78, 5) is 26.4. The number of carbonyl (C=O) groups excluding carboxylic acids is 1. The first kappa shape index (κ1) is 15.0. The SMILES string of the molecule is Cc1cccc(NC(=O)NCc2nc(C(=O)O)cs2)c1C. The second-order valence-corrected chi connectivity index (χ2v) is 5.43. The highest BCUT2D eigenvalue weighted by molar-refractivity contribution is 7.09. The number of nitrogens with one attached hydrogen (secondary N) is 2. The maximum absolute atomic E-state index is 11.8. The molecule has 0 saturated carbocycles. The van der Waals surface area contributed by atoms with Crippen molar-refractivity contribution in [1.82, 2.24) is 10.3 Å². The summed E-state index contributed by atoms with van der Waals surface area (Å²) in [7, 11) is 0. The van der Waals surface area contributed by atoms with Gasteiger partial charge in [0.1, 0.15) is 5.01 Å². The Morgan fingerprint density at radius 3 is 2.76 bits per heavy atom. The van der Waals surface area contributed by atoms with Crippen LogP contribution in [0.25, 0.3) is 0 Å². The summed E-state index contributed by atoms with van der Waals surface area (Å²) in [6, 6.07) is 5.32. The number of benzene rings is 1. The topological polar surface area (TPSA) is 91.3 Å². The summed E-state index contributed by atoms with van der Waals surface area (Å²) < 4.78 is 0. The van der Waals surface area contributed by atoms with Crippen molar-refractivity contribution in [3.05, 3.63) is 45.4 Å². The van der Waals surface area contributed by atoms with Gasteiger partial charge in [-0.15, -0.1) is 11.3 Å². The summed E-state index contributed by atoms with van der Waals surface area (Å²) in [5, 5.41) is 16.2. The molecule has 0 atom stereocenters. The van der Waals surface area contributed by atoms with Crippen LogP contribution in [0.1, 0.15) is 26.6 Å². The lowest BCUT2D eigenvalue weighted by molar-refractivity contribution is 0.0691. The van der Waals surface area contributed by atoms with E-state index in [0.717, 1.165) is 16.8 Å². The fourth-order valence-corrected chi connectivity index (χ4v) is 2.41. The van der Waals surface area contributed by atoms with Crippen LogP contribution in [-0.2, 0) is 6.54 Å². The third-order valence-electron chi connectivity index (χ3n) is 3.02. The monoisotopic (exact) mass is 305 g/mol. The Morgan fingerprint density at radius 2 is 2.10 bits per heavy atom. The third kappa shape index (κ3) is 3.79. The van der Waals surface area contributed by atoms with Crippen molar-refractivity contribution in [3.8, 4) is 0 Å². The van der Waals surface area contributed by atoms with E-state index in [1.54, 1.807) is 0 Å². The first-order chi connectivity index (χ1) is 9.97. The number of aromatic carboxylic acids is 1. The maximum atomic E-state index is 11.8. The molecule has 0 aliphatic rings. The summed E-state index contributed by atoms with van der Waals surface area (Å²) in [5.74, 6) is -1.07. The summed E-state index contributed by atoms with van der Waals surface area (Å²) in [5.41, 5.74) is 2.85. The van der Waals surface area contributed by atoms with E-state index in [2.05, 4.69) is 15.6 Å². The highest BCUT2D eigenvalue weighted by Crippen LogP contribution is 2.17. The van der Waals surface area contributed by atoms with Crippen LogP contribution in [-0.4, -0.2) is 22.1 Å². The molecule has 7 heteroatoms. The minimum absolute atomic E-state index is 0.00765. The van der Waals surface area contributed by atoms with Crippen molar-refractivity contribution >= 4 is 29.0 Å². The summed E-state index contributed by atoms with van der Waals surface area (Å²) in [6.45, 7) is 4.10. The van der Waals surface area contributed by atoms with Crippen molar-refractivity contribution in [2.45, 2.75) is 20.4 Å². The molecule has 110 valence electrons. The molecular weight excluding hydrogens is 290 g/mol. The van der Waals surface area contributed by atoms with Crippen LogP contribution in [0.3, 0.4) is 0 Å². The van der Waals surface area contributed by atoms with Crippen LogP contribution >= 0.6 is 11.3 Å². The molecule has 2 rings (SSSR count). The molecule has 21 heavy (non-hydrogen) atoms. The number of hydrogen-bond acceptors (Lipinski definition) is 4. The zero-order valence-electron chi connectivity index (χ0n) is 11.6. The fourth-order valence-electron chi connectivity index (χ4n) is 1.70. The van der Waals surface area contributed by atoms with Gasteiger partial charge in [0.15, 0.2) is 5.69 Å². The van der Waals surface area contributed by atoms with Crippen LogP contribution in [0.5, 0.6) is 0 Å². The molecule has 0 radical (unpaired) electrons. The highest BCUT2D eigenvalue weighted by atomic mass is 32.1.